The molecule has 1 fully saturated rings. The predicted octanol–water partition coefficient (Wildman–Crippen LogP) is 4.19. The summed E-state index contributed by atoms with van der Waals surface area (Å²) >= 11 is 3.69. The minimum Gasteiger partial charge on any atom is -0.339 e. The quantitative estimate of drug-likeness (QED) is 0.773. The highest BCUT2D eigenvalue weighted by Gasteiger charge is 2.26. The van der Waals surface area contributed by atoms with Crippen LogP contribution < -0.4 is 0 Å². The molecule has 1 aliphatic rings. The number of rotatable bonds is 4. The number of aryl methyl sites for hydroxylation is 1. The Labute approximate surface area is 119 Å². The molecule has 0 N–H and O–H groups in total. The van der Waals surface area contributed by atoms with Crippen molar-refractivity contribution in [2.75, 3.05) is 12.3 Å². The second kappa shape index (κ2) is 7.85. The van der Waals surface area contributed by atoms with Crippen molar-refractivity contribution in [1.82, 2.24) is 4.90 Å². The van der Waals surface area contributed by atoms with E-state index in [-0.39, 0.29) is 0 Å². The molecule has 4 heteroatoms. The van der Waals surface area contributed by atoms with Gasteiger partial charge in [0.25, 0.3) is 0 Å². The van der Waals surface area contributed by atoms with Gasteiger partial charge in [-0.3, -0.25) is 4.79 Å². The highest BCUT2D eigenvalue weighted by molar-refractivity contribution is 8.01. The van der Waals surface area contributed by atoms with E-state index in [2.05, 4.69) is 26.0 Å². The van der Waals surface area contributed by atoms with Crippen molar-refractivity contribution in [1.29, 1.82) is 0 Å². The van der Waals surface area contributed by atoms with E-state index in [9.17, 15) is 4.79 Å². The SMILES string of the molecule is CC.Cc1ccc(SCCN2C(=O)CCC2C)s1. The van der Waals surface area contributed by atoms with Crippen molar-refractivity contribution < 1.29 is 4.79 Å². The average Bonchev–Trinajstić information content (AvgIpc) is 2.92. The molecule has 0 bridgehead atoms. The summed E-state index contributed by atoms with van der Waals surface area (Å²) in [5.41, 5.74) is 0. The molecule has 2 rings (SSSR count). The van der Waals surface area contributed by atoms with Gasteiger partial charge in [0.05, 0.1) is 4.21 Å². The van der Waals surface area contributed by atoms with Gasteiger partial charge in [0, 0.05) is 29.6 Å². The summed E-state index contributed by atoms with van der Waals surface area (Å²) in [7, 11) is 0. The lowest BCUT2D eigenvalue weighted by Gasteiger charge is -2.20. The van der Waals surface area contributed by atoms with E-state index in [1.54, 1.807) is 0 Å². The van der Waals surface area contributed by atoms with Gasteiger partial charge in [0.2, 0.25) is 5.91 Å². The predicted molar refractivity (Wildman–Crippen MR) is 81.5 cm³/mol. The fourth-order valence-corrected chi connectivity index (χ4v) is 4.08. The van der Waals surface area contributed by atoms with Crippen molar-refractivity contribution in [3.63, 3.8) is 0 Å². The van der Waals surface area contributed by atoms with Crippen LogP contribution in [0.15, 0.2) is 16.3 Å². The Morgan fingerprint density at radius 3 is 2.67 bits per heavy atom. The molecule has 1 amide bonds. The van der Waals surface area contributed by atoms with Gasteiger partial charge >= 0.3 is 0 Å². The van der Waals surface area contributed by atoms with Crippen molar-refractivity contribution in [3.05, 3.63) is 17.0 Å². The number of hydrogen-bond donors (Lipinski definition) is 0. The first-order valence-corrected chi connectivity index (χ1v) is 8.46. The molecule has 0 aromatic carbocycles. The first-order valence-electron chi connectivity index (χ1n) is 6.65. The molecule has 18 heavy (non-hydrogen) atoms. The number of carbonyl (C=O) groups excluding carboxylic acids is 1. The maximum Gasteiger partial charge on any atom is 0.222 e. The minimum atomic E-state index is 0.329. The second-order valence-corrected chi connectivity index (χ2v) is 6.87. The highest BCUT2D eigenvalue weighted by atomic mass is 32.2. The zero-order valence-corrected chi connectivity index (χ0v) is 13.4. The van der Waals surface area contributed by atoms with Crippen LogP contribution in [-0.4, -0.2) is 29.1 Å². The molecule has 1 aliphatic heterocycles. The van der Waals surface area contributed by atoms with Crippen molar-refractivity contribution in [3.8, 4) is 0 Å². The molecule has 2 nitrogen and oxygen atoms in total. The van der Waals surface area contributed by atoms with Crippen LogP contribution in [0, 0.1) is 6.92 Å². The van der Waals surface area contributed by atoms with Crippen LogP contribution in [0.3, 0.4) is 0 Å². The zero-order valence-electron chi connectivity index (χ0n) is 11.7. The van der Waals surface area contributed by atoms with E-state index in [0.717, 1.165) is 25.1 Å². The second-order valence-electron chi connectivity index (χ2n) is 4.19. The van der Waals surface area contributed by atoms with Crippen LogP contribution in [0.4, 0.5) is 0 Å². The number of carbonyl (C=O) groups is 1. The summed E-state index contributed by atoms with van der Waals surface area (Å²) < 4.78 is 1.36. The molecule has 1 atom stereocenters. The standard InChI is InChI=1S/C12H17NOS2.C2H6/c1-9-3-5-11(14)13(9)7-8-15-12-6-4-10(2)16-12;1-2/h4,6,9H,3,5,7-8H2,1-2H3;1-2H3. The molecule has 0 saturated carbocycles. The molecule has 1 aromatic heterocycles. The number of likely N-dealkylation sites (tertiary alicyclic amines) is 1. The number of hydrogen-bond acceptors (Lipinski definition) is 3. The van der Waals surface area contributed by atoms with E-state index >= 15 is 0 Å². The molecular weight excluding hydrogens is 262 g/mol. The van der Waals surface area contributed by atoms with Gasteiger partial charge in [-0.05, 0) is 32.4 Å². The summed E-state index contributed by atoms with van der Waals surface area (Å²) in [6, 6.07) is 4.76. The van der Waals surface area contributed by atoms with Gasteiger partial charge in [-0.25, -0.2) is 0 Å². The number of amides is 1. The van der Waals surface area contributed by atoms with E-state index < -0.39 is 0 Å². The largest absolute Gasteiger partial charge is 0.339 e. The number of nitrogens with zero attached hydrogens (tertiary/aromatic N) is 1. The van der Waals surface area contributed by atoms with E-state index in [4.69, 9.17) is 0 Å². The molecule has 0 radical (unpaired) electrons. The summed E-state index contributed by atoms with van der Waals surface area (Å²) in [4.78, 5) is 14.9. The number of thiophene rings is 1. The molecule has 1 aromatic rings. The van der Waals surface area contributed by atoms with Gasteiger partial charge < -0.3 is 4.90 Å². The molecule has 0 spiro atoms. The Bertz CT molecular complexity index is 376. The summed E-state index contributed by atoms with van der Waals surface area (Å²) in [6.07, 6.45) is 1.77. The molecule has 1 unspecified atom stereocenters. The maximum absolute atomic E-state index is 11.6. The summed E-state index contributed by atoms with van der Waals surface area (Å²) in [6.45, 7) is 9.16. The van der Waals surface area contributed by atoms with Crippen molar-refractivity contribution in [2.45, 2.75) is 50.8 Å². The van der Waals surface area contributed by atoms with Gasteiger partial charge in [0.15, 0.2) is 0 Å². The average molecular weight is 285 g/mol. The third kappa shape index (κ3) is 4.32. The lowest BCUT2D eigenvalue weighted by molar-refractivity contribution is -0.128. The third-order valence-electron chi connectivity index (χ3n) is 2.92. The Kier molecular flexibility index (Phi) is 6.79. The fraction of sp³-hybridized carbons (Fsp3) is 0.643. The van der Waals surface area contributed by atoms with Crippen molar-refractivity contribution in [2.24, 2.45) is 0 Å². The topological polar surface area (TPSA) is 20.3 Å². The highest BCUT2D eigenvalue weighted by Crippen LogP contribution is 2.27. The van der Waals surface area contributed by atoms with Crippen molar-refractivity contribution >= 4 is 29.0 Å². The van der Waals surface area contributed by atoms with Crippen LogP contribution in [0.5, 0.6) is 0 Å². The van der Waals surface area contributed by atoms with Crippen LogP contribution >= 0.6 is 23.1 Å². The van der Waals surface area contributed by atoms with E-state index in [0.29, 0.717) is 11.9 Å². The summed E-state index contributed by atoms with van der Waals surface area (Å²) in [5, 5.41) is 0. The van der Waals surface area contributed by atoms with E-state index in [1.165, 1.54) is 9.09 Å². The van der Waals surface area contributed by atoms with Crippen LogP contribution in [0.2, 0.25) is 0 Å². The Balaban J connectivity index is 0.000000771. The lowest BCUT2D eigenvalue weighted by atomic mass is 10.2. The summed E-state index contributed by atoms with van der Waals surface area (Å²) in [5.74, 6) is 1.34. The van der Waals surface area contributed by atoms with Crippen LogP contribution in [0.25, 0.3) is 0 Å². The molecular formula is C14H23NOS2. The smallest absolute Gasteiger partial charge is 0.222 e. The van der Waals surface area contributed by atoms with Gasteiger partial charge in [0.1, 0.15) is 0 Å². The van der Waals surface area contributed by atoms with E-state index in [1.807, 2.05) is 41.8 Å². The van der Waals surface area contributed by atoms with Gasteiger partial charge in [-0.15, -0.1) is 23.1 Å². The Morgan fingerprint density at radius 1 is 1.44 bits per heavy atom. The van der Waals surface area contributed by atoms with Crippen LogP contribution in [-0.2, 0) is 4.79 Å². The first-order chi connectivity index (χ1) is 8.66. The lowest BCUT2D eigenvalue weighted by Crippen LogP contribution is -2.32. The fourth-order valence-electron chi connectivity index (χ4n) is 1.96. The Hall–Kier alpha value is -0.480. The molecule has 102 valence electrons. The third-order valence-corrected chi connectivity index (χ3v) is 5.13. The minimum absolute atomic E-state index is 0.329. The molecule has 1 saturated heterocycles. The maximum atomic E-state index is 11.6. The van der Waals surface area contributed by atoms with Gasteiger partial charge in [-0.2, -0.15) is 0 Å². The molecule has 0 aliphatic carbocycles. The first kappa shape index (κ1) is 15.6. The normalized spacial score (nSPS) is 18.8. The Morgan fingerprint density at radius 2 is 2.17 bits per heavy atom. The molecule has 2 heterocycles. The zero-order chi connectivity index (χ0) is 13.5. The van der Waals surface area contributed by atoms with Gasteiger partial charge in [-0.1, -0.05) is 13.8 Å². The van der Waals surface area contributed by atoms with Crippen LogP contribution in [0.1, 0.15) is 38.5 Å². The monoisotopic (exact) mass is 285 g/mol. The number of thioether (sulfide) groups is 1.